The monoisotopic (exact) mass is 1730 g/mol. The Morgan fingerprint density at radius 3 is 0.712 bits per heavy atom. The Morgan fingerprint density at radius 2 is 0.480 bits per heavy atom. The first kappa shape index (κ1) is 109. The van der Waals surface area contributed by atoms with Gasteiger partial charge >= 0.3 is 23.9 Å². The molecule has 0 radical (unpaired) electrons. The maximum atomic E-state index is 12.8. The number of ether oxygens (including phenoxy) is 13. The highest BCUT2D eigenvalue weighted by atomic mass is 16.6. The number of allylic oxidation sites excluding steroid dienone is 42. The van der Waals surface area contributed by atoms with E-state index in [-0.39, 0.29) is 86.0 Å². The first-order valence-electron chi connectivity index (χ1n) is 45.5. The molecular formula is C108H158O17. The van der Waals surface area contributed by atoms with Crippen molar-refractivity contribution in [3.8, 4) is 0 Å². The van der Waals surface area contributed by atoms with Crippen LogP contribution in [0.25, 0.3) is 0 Å². The van der Waals surface area contributed by atoms with E-state index in [4.69, 9.17) is 61.6 Å². The van der Waals surface area contributed by atoms with Crippen LogP contribution in [0.4, 0.5) is 0 Å². The lowest BCUT2D eigenvalue weighted by molar-refractivity contribution is -0.155. The standard InChI is InChI=1S/C108H158O17/c1-83(35-25-39-87(5)45-49-97-91(9)43-29-57-105(97,13)14)31-21-23-33-85(3)37-27-41-89(7)47-51-99-93(11)79-95(81-107(99,17)18)124-103(111)55-53-101(109)122-77-75-120-73-71-118-69-67-116-65-63-114-61-59-113-60-62-115-64-66-117-68-70-119-72-74-121-76-78-123-102(110)54-56-104(112)125-96-80-94(12)100(108(19,20)82-96)52-48-90(8)42-28-38-86(4)34-24-22-32-84(2)36-26-40-88(6)46-50-98-92(10)44-30-58-106(98,15)16/h21-28,31-42,45-52,95-96H,29-30,43-44,53-82H2,1-20H3/b23-21+,24-22+,35-25+,36-26+,37-27+,38-28+,49-45+,50-46+,51-47+,52-48+,83-31+,84-32+,85-33+,86-34+,87-39+,88-40+,89-41+,90-42+/t95-,96-/m1/s1. The molecule has 0 aromatic carbocycles. The molecule has 692 valence electrons. The molecule has 0 unspecified atom stereocenters. The lowest BCUT2D eigenvalue weighted by atomic mass is 9.71. The van der Waals surface area contributed by atoms with E-state index in [9.17, 15) is 19.2 Å². The van der Waals surface area contributed by atoms with Gasteiger partial charge in [-0.15, -0.1) is 0 Å². The van der Waals surface area contributed by atoms with Gasteiger partial charge in [-0.3, -0.25) is 19.2 Å². The molecule has 0 saturated heterocycles. The van der Waals surface area contributed by atoms with Crippen LogP contribution in [0.3, 0.4) is 0 Å². The number of carbonyl (C=O) groups is 4. The van der Waals surface area contributed by atoms with Crippen molar-refractivity contribution >= 4 is 23.9 Å². The fraction of sp³-hybridized carbons (Fsp3) is 0.556. The molecule has 125 heavy (non-hydrogen) atoms. The SMILES string of the molecule is CC1=C(/C=C/C(C)=C/C=C/C(C)=C/C=C/C=C(C)/C=C/C=C(C)/C=C/C2=C(C)C[C@@H](OC(=O)CCC(=O)OCCOCCOCCOCCOCCOCCOCCOCCOCCOCCOC(=O)CCC(=O)O[C@@H]3CC(C)=C(/C=C/C(C)=C/C=C/C(C)=C/C=C/C=C(C)/C=C/C=C(C)/C=C/C4=C(C)CCCC4(C)C)C(C)(C)C3)CC2(C)C)C(C)(C)CCC1. The van der Waals surface area contributed by atoms with Crippen LogP contribution in [0.15, 0.2) is 259 Å². The van der Waals surface area contributed by atoms with Crippen LogP contribution >= 0.6 is 0 Å². The maximum absolute atomic E-state index is 12.8. The summed E-state index contributed by atoms with van der Waals surface area (Å²) < 4.78 is 72.3. The second-order valence-electron chi connectivity index (χ2n) is 35.8. The highest BCUT2D eigenvalue weighted by Crippen LogP contribution is 2.45. The number of esters is 4. The minimum absolute atomic E-state index is 0.0483. The van der Waals surface area contributed by atoms with Crippen LogP contribution < -0.4 is 0 Å². The van der Waals surface area contributed by atoms with Crippen LogP contribution in [0.2, 0.25) is 0 Å². The Balaban J connectivity index is 0.886. The van der Waals surface area contributed by atoms with Crippen molar-refractivity contribution in [2.24, 2.45) is 21.7 Å². The number of rotatable bonds is 58. The Kier molecular flexibility index (Phi) is 54.2. The fourth-order valence-electron chi connectivity index (χ4n) is 15.4. The van der Waals surface area contributed by atoms with Crippen molar-refractivity contribution in [3.63, 3.8) is 0 Å². The summed E-state index contributed by atoms with van der Waals surface area (Å²) in [7, 11) is 0. The number of hydrogen-bond donors (Lipinski definition) is 0. The fourth-order valence-corrected chi connectivity index (χ4v) is 15.4. The average molecular weight is 1730 g/mol. The van der Waals surface area contributed by atoms with E-state index in [0.717, 1.165) is 22.3 Å². The normalized spacial score (nSPS) is 19.5. The molecule has 0 aliphatic heterocycles. The van der Waals surface area contributed by atoms with Gasteiger partial charge in [0.25, 0.3) is 0 Å². The van der Waals surface area contributed by atoms with E-state index in [1.54, 1.807) is 0 Å². The summed E-state index contributed by atoms with van der Waals surface area (Å²) >= 11 is 0. The summed E-state index contributed by atoms with van der Waals surface area (Å²) in [4.78, 5) is 50.5. The van der Waals surface area contributed by atoms with Crippen LogP contribution in [-0.2, 0) is 80.8 Å². The molecule has 4 aliphatic rings. The van der Waals surface area contributed by atoms with Crippen LogP contribution in [0.1, 0.15) is 228 Å². The van der Waals surface area contributed by atoms with E-state index < -0.39 is 23.9 Å². The van der Waals surface area contributed by atoms with Gasteiger partial charge in [0, 0.05) is 12.8 Å². The molecular weight excluding hydrogens is 1570 g/mol. The highest BCUT2D eigenvalue weighted by molar-refractivity contribution is 5.78. The van der Waals surface area contributed by atoms with Crippen LogP contribution in [0, 0.1) is 21.7 Å². The lowest BCUT2D eigenvalue weighted by Gasteiger charge is -2.37. The number of carbonyl (C=O) groups excluding carboxylic acids is 4. The predicted molar refractivity (Wildman–Crippen MR) is 511 cm³/mol. The van der Waals surface area contributed by atoms with Crippen molar-refractivity contribution in [2.45, 2.75) is 241 Å². The first-order chi connectivity index (χ1) is 59.7. The average Bonchev–Trinajstić information content (AvgIpc) is 0.812. The van der Waals surface area contributed by atoms with Crippen molar-refractivity contribution in [1.82, 2.24) is 0 Å². The highest BCUT2D eigenvalue weighted by Gasteiger charge is 2.36. The lowest BCUT2D eigenvalue weighted by Crippen LogP contribution is -2.32. The quantitative estimate of drug-likeness (QED) is 0.0242. The van der Waals surface area contributed by atoms with Crippen molar-refractivity contribution in [3.05, 3.63) is 259 Å². The Hall–Kier alpha value is -8.20. The zero-order chi connectivity index (χ0) is 91.7. The summed E-state index contributed by atoms with van der Waals surface area (Å²) in [6.45, 7) is 50.9. The smallest absolute Gasteiger partial charge is 0.306 e. The molecule has 4 aliphatic carbocycles. The van der Waals surface area contributed by atoms with Crippen molar-refractivity contribution < 1.29 is 80.8 Å². The molecule has 17 heteroatoms. The summed E-state index contributed by atoms with van der Waals surface area (Å²) in [5.41, 5.74) is 20.3. The summed E-state index contributed by atoms with van der Waals surface area (Å²) in [6, 6.07) is 0. The molecule has 0 N–H and O–H groups in total. The van der Waals surface area contributed by atoms with E-state index >= 15 is 0 Å². The predicted octanol–water partition coefficient (Wildman–Crippen LogP) is 24.1. The molecule has 0 saturated carbocycles. The van der Waals surface area contributed by atoms with Gasteiger partial charge in [-0.2, -0.15) is 0 Å². The second-order valence-corrected chi connectivity index (χ2v) is 35.8. The molecule has 0 amide bonds. The molecule has 0 fully saturated rings. The molecule has 0 heterocycles. The topological polar surface area (TPSA) is 188 Å². The minimum atomic E-state index is -0.476. The zero-order valence-electron chi connectivity index (χ0n) is 80.3. The molecule has 0 bridgehead atoms. The number of hydrogen-bond acceptors (Lipinski definition) is 17. The molecule has 0 aromatic heterocycles. The molecule has 0 aromatic rings. The minimum Gasteiger partial charge on any atom is -0.463 e. The Labute approximate surface area is 754 Å². The van der Waals surface area contributed by atoms with Gasteiger partial charge in [-0.25, -0.2) is 0 Å². The molecule has 2 atom stereocenters. The van der Waals surface area contributed by atoms with E-state index in [2.05, 4.69) is 309 Å². The van der Waals surface area contributed by atoms with E-state index in [1.165, 1.54) is 105 Å². The first-order valence-corrected chi connectivity index (χ1v) is 45.5. The molecule has 4 rings (SSSR count). The third kappa shape index (κ3) is 49.6. The van der Waals surface area contributed by atoms with E-state index in [1.807, 2.05) is 0 Å². The van der Waals surface area contributed by atoms with Gasteiger partial charge in [0.15, 0.2) is 0 Å². The van der Waals surface area contributed by atoms with E-state index in [0.29, 0.717) is 131 Å². The summed E-state index contributed by atoms with van der Waals surface area (Å²) in [5.74, 6) is -1.77. The second kappa shape index (κ2) is 62.1. The van der Waals surface area contributed by atoms with Crippen LogP contribution in [0.5, 0.6) is 0 Å². The van der Waals surface area contributed by atoms with Gasteiger partial charge in [-0.1, -0.05) is 292 Å². The Morgan fingerprint density at radius 1 is 0.272 bits per heavy atom. The van der Waals surface area contributed by atoms with Gasteiger partial charge in [0.05, 0.1) is 145 Å². The maximum Gasteiger partial charge on any atom is 0.306 e. The summed E-state index contributed by atoms with van der Waals surface area (Å²) in [5, 5.41) is 0. The summed E-state index contributed by atoms with van der Waals surface area (Å²) in [6.07, 6.45) is 69.3. The molecule has 17 nitrogen and oxygen atoms in total. The molecule has 0 spiro atoms. The third-order valence-electron chi connectivity index (χ3n) is 22.2. The van der Waals surface area contributed by atoms with Crippen LogP contribution in [-0.4, -0.2) is 168 Å². The third-order valence-corrected chi connectivity index (χ3v) is 22.2. The van der Waals surface area contributed by atoms with Gasteiger partial charge in [-0.05, 0) is 178 Å². The zero-order valence-corrected chi connectivity index (χ0v) is 80.3. The van der Waals surface area contributed by atoms with Crippen molar-refractivity contribution in [2.75, 3.05) is 132 Å². The van der Waals surface area contributed by atoms with Crippen molar-refractivity contribution in [1.29, 1.82) is 0 Å². The van der Waals surface area contributed by atoms with Gasteiger partial charge < -0.3 is 61.6 Å². The van der Waals surface area contributed by atoms with Gasteiger partial charge in [0.2, 0.25) is 0 Å². The Bertz CT molecular complexity index is 3810. The van der Waals surface area contributed by atoms with Gasteiger partial charge in [0.1, 0.15) is 25.4 Å². The largest absolute Gasteiger partial charge is 0.463 e.